The lowest BCUT2D eigenvalue weighted by Gasteiger charge is -2.14. The van der Waals surface area contributed by atoms with Gasteiger partial charge in [-0.1, -0.05) is 49.4 Å². The van der Waals surface area contributed by atoms with Gasteiger partial charge >= 0.3 is 0 Å². The molecule has 2 aromatic heterocycles. The minimum Gasteiger partial charge on any atom is -0.441 e. The van der Waals surface area contributed by atoms with Crippen molar-refractivity contribution >= 4 is 16.6 Å². The first kappa shape index (κ1) is 23.9. The monoisotopic (exact) mass is 498 g/mol. The molecule has 5 aromatic rings. The average molecular weight is 499 g/mol. The maximum atomic E-state index is 9.55. The van der Waals surface area contributed by atoms with Gasteiger partial charge in [-0.2, -0.15) is 5.26 Å². The Kier molecular flexibility index (Phi) is 6.17. The summed E-state index contributed by atoms with van der Waals surface area (Å²) in [6.07, 6.45) is 7.30. The fourth-order valence-electron chi connectivity index (χ4n) is 5.68. The molecule has 0 saturated heterocycles. The summed E-state index contributed by atoms with van der Waals surface area (Å²) in [5, 5.41) is 9.55. The van der Waals surface area contributed by atoms with Gasteiger partial charge < -0.3 is 8.98 Å². The van der Waals surface area contributed by atoms with Gasteiger partial charge in [0, 0.05) is 24.6 Å². The Morgan fingerprint density at radius 3 is 2.63 bits per heavy atom. The lowest BCUT2D eigenvalue weighted by atomic mass is 9.93. The predicted molar refractivity (Wildman–Crippen MR) is 151 cm³/mol. The fraction of sp³-hybridized carbons (Fsp3) is 0.242. The van der Waals surface area contributed by atoms with Crippen molar-refractivity contribution in [2.75, 3.05) is 0 Å². The summed E-state index contributed by atoms with van der Waals surface area (Å²) in [6, 6.07) is 21.7. The molecule has 1 aliphatic carbocycles. The molecule has 0 radical (unpaired) electrons. The molecule has 188 valence electrons. The lowest BCUT2D eigenvalue weighted by Crippen LogP contribution is -2.06. The van der Waals surface area contributed by atoms with Crippen LogP contribution >= 0.6 is 0 Å². The minimum absolute atomic E-state index is 0.638. The summed E-state index contributed by atoms with van der Waals surface area (Å²) >= 11 is 0. The Hall–Kier alpha value is -4.43. The van der Waals surface area contributed by atoms with E-state index in [9.17, 15) is 5.26 Å². The zero-order valence-electron chi connectivity index (χ0n) is 22.1. The van der Waals surface area contributed by atoms with Crippen LogP contribution < -0.4 is 0 Å². The molecule has 38 heavy (non-hydrogen) atoms. The second-order valence-corrected chi connectivity index (χ2v) is 10.1. The number of fused-ring (bicyclic) bond motifs is 3. The van der Waals surface area contributed by atoms with Crippen molar-refractivity contribution in [3.63, 3.8) is 0 Å². The van der Waals surface area contributed by atoms with Crippen LogP contribution in [0, 0.1) is 25.2 Å². The van der Waals surface area contributed by atoms with Crippen molar-refractivity contribution in [3.8, 4) is 17.5 Å². The largest absolute Gasteiger partial charge is 0.441 e. The number of rotatable bonds is 5. The van der Waals surface area contributed by atoms with Crippen molar-refractivity contribution in [2.45, 2.75) is 53.0 Å². The summed E-state index contributed by atoms with van der Waals surface area (Å²) in [5.74, 6) is 2.53. The van der Waals surface area contributed by atoms with Crippen molar-refractivity contribution in [1.82, 2.24) is 14.5 Å². The van der Waals surface area contributed by atoms with Gasteiger partial charge in [-0.3, -0.25) is 0 Å². The van der Waals surface area contributed by atoms with E-state index in [1.165, 1.54) is 16.7 Å². The first-order valence-electron chi connectivity index (χ1n) is 13.3. The van der Waals surface area contributed by atoms with E-state index in [0.717, 1.165) is 82.7 Å². The number of aromatic nitrogens is 3. The highest BCUT2D eigenvalue weighted by molar-refractivity contribution is 5.86. The molecule has 0 fully saturated rings. The van der Waals surface area contributed by atoms with Gasteiger partial charge in [0.25, 0.3) is 0 Å². The molecular weight excluding hydrogens is 468 g/mol. The van der Waals surface area contributed by atoms with E-state index in [1.807, 2.05) is 6.92 Å². The number of nitriles is 1. The molecule has 0 aliphatic heterocycles. The van der Waals surface area contributed by atoms with Gasteiger partial charge in [-0.15, -0.1) is 0 Å². The molecule has 3 aromatic carbocycles. The third-order valence-electron chi connectivity index (χ3n) is 7.45. The zero-order chi connectivity index (χ0) is 26.2. The molecule has 0 saturated carbocycles. The number of allylic oxidation sites excluding steroid dienone is 1. The minimum atomic E-state index is 0.638. The third-order valence-corrected chi connectivity index (χ3v) is 7.45. The van der Waals surface area contributed by atoms with Crippen molar-refractivity contribution in [2.24, 2.45) is 0 Å². The second kappa shape index (κ2) is 9.79. The van der Waals surface area contributed by atoms with E-state index in [0.29, 0.717) is 5.89 Å². The predicted octanol–water partition coefficient (Wildman–Crippen LogP) is 7.36. The van der Waals surface area contributed by atoms with E-state index in [2.05, 4.69) is 84.1 Å². The van der Waals surface area contributed by atoms with Crippen LogP contribution in [0.2, 0.25) is 0 Å². The summed E-state index contributed by atoms with van der Waals surface area (Å²) in [4.78, 5) is 9.53. The Balaban J connectivity index is 1.44. The quantitative estimate of drug-likeness (QED) is 0.237. The Labute approximate surface area is 223 Å². The van der Waals surface area contributed by atoms with Crippen LogP contribution in [0.25, 0.3) is 28.1 Å². The number of imidazole rings is 1. The second-order valence-electron chi connectivity index (χ2n) is 10.1. The number of hydrogen-bond acceptors (Lipinski definition) is 4. The molecule has 5 nitrogen and oxygen atoms in total. The molecule has 0 amide bonds. The molecular formula is C33H30N4O. The molecule has 0 bridgehead atoms. The van der Waals surface area contributed by atoms with E-state index in [4.69, 9.17) is 9.40 Å². The van der Waals surface area contributed by atoms with Gasteiger partial charge in [0.15, 0.2) is 0 Å². The van der Waals surface area contributed by atoms with Crippen molar-refractivity contribution in [1.29, 1.82) is 5.26 Å². The van der Waals surface area contributed by atoms with Gasteiger partial charge in [-0.25, -0.2) is 9.97 Å². The standard InChI is InChI=1S/C33H30N4O/c1-4-7-31-36-32-21(2)16-26(33-35-19-22(3)38-33)18-30(32)37(31)20-23-10-13-28-25(17-23)12-11-24-8-5-6-9-27(24)29(28)14-15-34/h5-6,8-10,13-14,16-19H,4,7,11-12,20H2,1-3H3/b29-14+. The van der Waals surface area contributed by atoms with Crippen LogP contribution in [0.1, 0.15) is 58.3 Å². The van der Waals surface area contributed by atoms with Crippen LogP contribution in [0.4, 0.5) is 0 Å². The van der Waals surface area contributed by atoms with E-state index in [1.54, 1.807) is 12.3 Å². The Morgan fingerprint density at radius 1 is 1.03 bits per heavy atom. The Morgan fingerprint density at radius 2 is 1.84 bits per heavy atom. The number of hydrogen-bond donors (Lipinski definition) is 0. The molecule has 1 aliphatic rings. The topological polar surface area (TPSA) is 67.6 Å². The maximum absolute atomic E-state index is 9.55. The highest BCUT2D eigenvalue weighted by Crippen LogP contribution is 2.35. The summed E-state index contributed by atoms with van der Waals surface area (Å²) in [5.41, 5.74) is 11.4. The average Bonchev–Trinajstić information content (AvgIpc) is 3.46. The Bertz CT molecular complexity index is 1740. The molecule has 0 spiro atoms. The molecule has 5 heteroatoms. The lowest BCUT2D eigenvalue weighted by molar-refractivity contribution is 0.542. The fourth-order valence-corrected chi connectivity index (χ4v) is 5.68. The van der Waals surface area contributed by atoms with Crippen LogP contribution in [0.15, 0.2) is 71.3 Å². The smallest absolute Gasteiger partial charge is 0.226 e. The van der Waals surface area contributed by atoms with Crippen molar-refractivity contribution < 1.29 is 4.42 Å². The van der Waals surface area contributed by atoms with Crippen LogP contribution in [-0.2, 0) is 25.8 Å². The van der Waals surface area contributed by atoms with E-state index >= 15 is 0 Å². The first-order valence-corrected chi connectivity index (χ1v) is 13.3. The first-order chi connectivity index (χ1) is 18.6. The molecule has 0 N–H and O–H groups in total. The van der Waals surface area contributed by atoms with E-state index < -0.39 is 0 Å². The van der Waals surface area contributed by atoms with Crippen LogP contribution in [-0.4, -0.2) is 14.5 Å². The summed E-state index contributed by atoms with van der Waals surface area (Å²) < 4.78 is 8.20. The highest BCUT2D eigenvalue weighted by Gasteiger charge is 2.20. The SMILES string of the molecule is CCCc1nc2c(C)cc(-c3ncc(C)o3)cc2n1Cc1ccc2c(c1)CCc1ccccc1/C2=C\C#N. The maximum Gasteiger partial charge on any atom is 0.226 e. The van der Waals surface area contributed by atoms with Crippen LogP contribution in [0.5, 0.6) is 0 Å². The molecule has 0 atom stereocenters. The highest BCUT2D eigenvalue weighted by atomic mass is 16.4. The zero-order valence-corrected chi connectivity index (χ0v) is 22.1. The summed E-state index contributed by atoms with van der Waals surface area (Å²) in [6.45, 7) is 6.95. The van der Waals surface area contributed by atoms with Gasteiger partial charge in [0.05, 0.1) is 23.3 Å². The number of benzene rings is 3. The number of nitrogens with zero attached hydrogens (tertiary/aromatic N) is 4. The van der Waals surface area contributed by atoms with Crippen LogP contribution in [0.3, 0.4) is 0 Å². The van der Waals surface area contributed by atoms with Crippen molar-refractivity contribution in [3.05, 3.63) is 112 Å². The van der Waals surface area contributed by atoms with Gasteiger partial charge in [0.1, 0.15) is 11.6 Å². The molecule has 6 rings (SSSR count). The van der Waals surface area contributed by atoms with Gasteiger partial charge in [0.2, 0.25) is 5.89 Å². The normalized spacial score (nSPS) is 13.8. The summed E-state index contributed by atoms with van der Waals surface area (Å²) in [7, 11) is 0. The third kappa shape index (κ3) is 4.22. The molecule has 0 unspecified atom stereocenters. The number of aryl methyl sites for hydroxylation is 5. The van der Waals surface area contributed by atoms with E-state index in [-0.39, 0.29) is 0 Å². The number of oxazole rings is 1. The molecule has 2 heterocycles. The van der Waals surface area contributed by atoms with Gasteiger partial charge in [-0.05, 0) is 84.2 Å².